The van der Waals surface area contributed by atoms with Crippen LogP contribution in [0.2, 0.25) is 0 Å². The van der Waals surface area contributed by atoms with E-state index >= 15 is 0 Å². The quantitative estimate of drug-likeness (QED) is 0.652. The highest BCUT2D eigenvalue weighted by molar-refractivity contribution is 5.24. The highest BCUT2D eigenvalue weighted by Crippen LogP contribution is 1.97. The Kier molecular flexibility index (Phi) is 10.6. The Hall–Kier alpha value is -3.20. The Morgan fingerprint density at radius 1 is 0.821 bits per heavy atom. The van der Waals surface area contributed by atoms with Crippen molar-refractivity contribution in [1.82, 2.24) is 29.9 Å². The van der Waals surface area contributed by atoms with Gasteiger partial charge in [-0.2, -0.15) is 0 Å². The predicted molar refractivity (Wildman–Crippen MR) is 110 cm³/mol. The molecule has 0 aliphatic heterocycles. The number of methoxy groups -OCH3 is 1. The molecule has 0 aliphatic carbocycles. The Morgan fingerprint density at radius 2 is 1.39 bits per heavy atom. The van der Waals surface area contributed by atoms with Gasteiger partial charge in [0.1, 0.15) is 5.82 Å². The second-order valence-electron chi connectivity index (χ2n) is 5.74. The third-order valence-corrected chi connectivity index (χ3v) is 3.11. The number of nitrogens with one attached hydrogen (secondary N) is 1. The van der Waals surface area contributed by atoms with E-state index in [4.69, 9.17) is 10.5 Å². The van der Waals surface area contributed by atoms with Crippen LogP contribution in [0.25, 0.3) is 0 Å². The smallest absolute Gasteiger partial charge is 0.222 e. The summed E-state index contributed by atoms with van der Waals surface area (Å²) in [5.41, 5.74) is 8.13. The van der Waals surface area contributed by atoms with Crippen molar-refractivity contribution in [3.63, 3.8) is 0 Å². The van der Waals surface area contributed by atoms with E-state index in [1.165, 1.54) is 0 Å². The summed E-state index contributed by atoms with van der Waals surface area (Å²) >= 11 is 0. The van der Waals surface area contributed by atoms with Gasteiger partial charge in [0.25, 0.3) is 0 Å². The van der Waals surface area contributed by atoms with E-state index in [1.54, 1.807) is 31.8 Å². The van der Waals surface area contributed by atoms with Crippen molar-refractivity contribution in [2.45, 2.75) is 27.7 Å². The Morgan fingerprint density at radius 3 is 1.82 bits per heavy atom. The lowest BCUT2D eigenvalue weighted by atomic mass is 10.4. The van der Waals surface area contributed by atoms with Gasteiger partial charge in [-0.1, -0.05) is 0 Å². The second kappa shape index (κ2) is 13.0. The summed E-state index contributed by atoms with van der Waals surface area (Å²) < 4.78 is 4.88. The number of aromatic nitrogens is 6. The van der Waals surface area contributed by atoms with Crippen molar-refractivity contribution in [2.24, 2.45) is 0 Å². The van der Waals surface area contributed by atoms with Crippen LogP contribution in [-0.2, 0) is 4.74 Å². The number of nitrogen functional groups attached to an aromatic ring is 1. The number of nitrogens with zero attached hydrogens (tertiary/aromatic N) is 6. The molecule has 0 aromatic carbocycles. The summed E-state index contributed by atoms with van der Waals surface area (Å²) in [6.07, 6.45) is 5.13. The molecule has 0 unspecified atom stereocenters. The second-order valence-corrected chi connectivity index (χ2v) is 5.74. The zero-order chi connectivity index (χ0) is 20.8. The van der Waals surface area contributed by atoms with Gasteiger partial charge in [0.05, 0.1) is 6.61 Å². The molecule has 3 N–H and O–H groups in total. The van der Waals surface area contributed by atoms with Crippen LogP contribution in [-0.4, -0.2) is 50.2 Å². The van der Waals surface area contributed by atoms with E-state index in [0.717, 1.165) is 29.5 Å². The number of nitrogens with two attached hydrogens (primary N) is 1. The average molecular weight is 384 g/mol. The molecule has 0 saturated carbocycles. The summed E-state index contributed by atoms with van der Waals surface area (Å²) in [4.78, 5) is 23.7. The SMILES string of the molecule is COCCNc1nccc(C)n1.Cc1ccnc(C)n1.Cc1ccnc(N)n1. The first kappa shape index (κ1) is 22.8. The maximum Gasteiger partial charge on any atom is 0.222 e. The lowest BCUT2D eigenvalue weighted by molar-refractivity contribution is 0.210. The molecule has 0 saturated heterocycles. The van der Waals surface area contributed by atoms with Crippen molar-refractivity contribution < 1.29 is 4.74 Å². The maximum atomic E-state index is 5.24. The first-order chi connectivity index (χ1) is 13.4. The number of anilines is 2. The minimum Gasteiger partial charge on any atom is -0.383 e. The number of ether oxygens (including phenoxy) is 1. The number of aryl methyl sites for hydroxylation is 4. The molecule has 3 heterocycles. The van der Waals surface area contributed by atoms with Gasteiger partial charge in [-0.25, -0.2) is 29.9 Å². The number of hydrogen-bond donors (Lipinski definition) is 2. The molecule has 9 nitrogen and oxygen atoms in total. The lowest BCUT2D eigenvalue weighted by Crippen LogP contribution is -2.10. The first-order valence-electron chi connectivity index (χ1n) is 8.74. The van der Waals surface area contributed by atoms with Gasteiger partial charge in [-0.15, -0.1) is 0 Å². The molecular weight excluding hydrogens is 356 g/mol. The molecule has 0 fully saturated rings. The molecule has 0 radical (unpaired) electrons. The fraction of sp³-hybridized carbons (Fsp3) is 0.368. The zero-order valence-electron chi connectivity index (χ0n) is 17.0. The lowest BCUT2D eigenvalue weighted by Gasteiger charge is -2.03. The topological polar surface area (TPSA) is 125 Å². The molecule has 28 heavy (non-hydrogen) atoms. The Labute approximate surface area is 165 Å². The Bertz CT molecular complexity index is 750. The van der Waals surface area contributed by atoms with Crippen molar-refractivity contribution >= 4 is 11.9 Å². The van der Waals surface area contributed by atoms with E-state index in [2.05, 4.69) is 35.2 Å². The van der Waals surface area contributed by atoms with Gasteiger partial charge in [0.2, 0.25) is 11.9 Å². The summed E-state index contributed by atoms with van der Waals surface area (Å²) in [5.74, 6) is 1.84. The maximum absolute atomic E-state index is 5.24. The van der Waals surface area contributed by atoms with Crippen LogP contribution in [0, 0.1) is 27.7 Å². The summed E-state index contributed by atoms with van der Waals surface area (Å²) in [6.45, 7) is 9.04. The van der Waals surface area contributed by atoms with Gasteiger partial charge in [-0.05, 0) is 45.9 Å². The van der Waals surface area contributed by atoms with Crippen molar-refractivity contribution in [3.8, 4) is 0 Å². The normalized spacial score (nSPS) is 9.46. The largest absolute Gasteiger partial charge is 0.383 e. The van der Waals surface area contributed by atoms with Crippen LogP contribution in [0.3, 0.4) is 0 Å². The minimum absolute atomic E-state index is 0.338. The molecule has 3 aromatic rings. The predicted octanol–water partition coefficient (Wildman–Crippen LogP) is 2.30. The number of hydrogen-bond acceptors (Lipinski definition) is 9. The molecule has 3 aromatic heterocycles. The molecule has 9 heteroatoms. The third kappa shape index (κ3) is 10.7. The molecule has 0 amide bonds. The Balaban J connectivity index is 0.000000217. The molecule has 0 atom stereocenters. The fourth-order valence-corrected chi connectivity index (χ4v) is 1.84. The molecule has 3 rings (SSSR count). The van der Waals surface area contributed by atoms with Gasteiger partial charge in [0.15, 0.2) is 0 Å². The van der Waals surface area contributed by atoms with Crippen molar-refractivity contribution in [3.05, 3.63) is 59.7 Å². The van der Waals surface area contributed by atoms with E-state index in [0.29, 0.717) is 18.5 Å². The summed E-state index contributed by atoms with van der Waals surface area (Å²) in [7, 11) is 1.67. The highest BCUT2D eigenvalue weighted by atomic mass is 16.5. The van der Waals surface area contributed by atoms with Crippen LogP contribution in [0.4, 0.5) is 11.9 Å². The minimum atomic E-state index is 0.338. The third-order valence-electron chi connectivity index (χ3n) is 3.11. The van der Waals surface area contributed by atoms with Crippen LogP contribution >= 0.6 is 0 Å². The van der Waals surface area contributed by atoms with Gasteiger partial charge in [0, 0.05) is 49.3 Å². The van der Waals surface area contributed by atoms with E-state index < -0.39 is 0 Å². The molecule has 0 spiro atoms. The summed E-state index contributed by atoms with van der Waals surface area (Å²) in [6, 6.07) is 5.55. The average Bonchev–Trinajstić information content (AvgIpc) is 2.63. The van der Waals surface area contributed by atoms with E-state index in [-0.39, 0.29) is 0 Å². The molecule has 0 aliphatic rings. The van der Waals surface area contributed by atoms with Crippen molar-refractivity contribution in [2.75, 3.05) is 31.3 Å². The molecular formula is C19H28N8O. The molecule has 150 valence electrons. The first-order valence-corrected chi connectivity index (χ1v) is 8.74. The van der Waals surface area contributed by atoms with Crippen LogP contribution in [0.15, 0.2) is 36.8 Å². The van der Waals surface area contributed by atoms with Gasteiger partial charge >= 0.3 is 0 Å². The fourth-order valence-electron chi connectivity index (χ4n) is 1.84. The zero-order valence-corrected chi connectivity index (χ0v) is 17.0. The van der Waals surface area contributed by atoms with Crippen LogP contribution in [0.1, 0.15) is 22.9 Å². The van der Waals surface area contributed by atoms with E-state index in [9.17, 15) is 0 Å². The molecule has 0 bridgehead atoms. The monoisotopic (exact) mass is 384 g/mol. The van der Waals surface area contributed by atoms with Crippen LogP contribution in [0.5, 0.6) is 0 Å². The van der Waals surface area contributed by atoms with Gasteiger partial charge < -0.3 is 15.8 Å². The highest BCUT2D eigenvalue weighted by Gasteiger charge is 1.93. The van der Waals surface area contributed by atoms with Gasteiger partial charge in [-0.3, -0.25) is 0 Å². The van der Waals surface area contributed by atoms with Crippen LogP contribution < -0.4 is 11.1 Å². The summed E-state index contributed by atoms with van der Waals surface area (Å²) in [5, 5.41) is 3.04. The van der Waals surface area contributed by atoms with E-state index in [1.807, 2.05) is 39.8 Å². The standard InChI is InChI=1S/C8H13N3O.C6H8N2.C5H7N3/c1-7-3-4-9-8(11-7)10-5-6-12-2;1-5-3-4-7-6(2)8-5;1-4-2-3-7-5(6)8-4/h3-4H,5-6H2,1-2H3,(H,9,10,11);3-4H,1-2H3;2-3H,1H3,(H2,6,7,8). The van der Waals surface area contributed by atoms with Crippen molar-refractivity contribution in [1.29, 1.82) is 0 Å². The number of rotatable bonds is 4.